The second kappa shape index (κ2) is 6.33. The Bertz CT molecular complexity index is 418. The lowest BCUT2D eigenvalue weighted by Gasteiger charge is -2.17. The van der Waals surface area contributed by atoms with Gasteiger partial charge in [0.25, 0.3) is 0 Å². The van der Waals surface area contributed by atoms with Crippen LogP contribution in [0.15, 0.2) is 6.33 Å². The van der Waals surface area contributed by atoms with Gasteiger partial charge in [0.2, 0.25) is 0 Å². The van der Waals surface area contributed by atoms with Crippen molar-refractivity contribution in [3.05, 3.63) is 17.6 Å². The molecule has 3 rings (SSSR count). The molecule has 1 saturated carbocycles. The average Bonchev–Trinajstić information content (AvgIpc) is 3.27. The number of ether oxygens (including phenoxy) is 1. The Morgan fingerprint density at radius 2 is 2.11 bits per heavy atom. The minimum atomic E-state index is 0.858. The number of rotatable bonds is 7. The maximum absolute atomic E-state index is 5.64. The van der Waals surface area contributed by atoms with Gasteiger partial charge in [-0.3, -0.25) is 0 Å². The fraction of sp³-hybridized carbons (Fsp3) is 0.733. The van der Waals surface area contributed by atoms with Crippen LogP contribution < -0.4 is 5.32 Å². The molecule has 0 atom stereocenters. The number of nitrogens with one attached hydrogen (secondary N) is 1. The summed E-state index contributed by atoms with van der Waals surface area (Å²) in [6, 6.07) is 0. The number of fused-ring (bicyclic) bond motifs is 1. The molecule has 0 radical (unpaired) electrons. The van der Waals surface area contributed by atoms with Gasteiger partial charge in [0.1, 0.15) is 12.1 Å². The molecule has 4 heteroatoms. The van der Waals surface area contributed by atoms with Crippen LogP contribution in [0.4, 0.5) is 5.82 Å². The van der Waals surface area contributed by atoms with Crippen LogP contribution in [0.5, 0.6) is 0 Å². The first-order valence-corrected chi connectivity index (χ1v) is 7.58. The van der Waals surface area contributed by atoms with Crippen LogP contribution in [0.25, 0.3) is 0 Å². The Morgan fingerprint density at radius 3 is 3.00 bits per heavy atom. The van der Waals surface area contributed by atoms with Gasteiger partial charge in [-0.15, -0.1) is 0 Å². The molecule has 0 saturated heterocycles. The summed E-state index contributed by atoms with van der Waals surface area (Å²) in [6.07, 6.45) is 10.2. The summed E-state index contributed by atoms with van der Waals surface area (Å²) in [6.45, 7) is 2.76. The lowest BCUT2D eigenvalue weighted by Crippen LogP contribution is -2.14. The largest absolute Gasteiger partial charge is 0.381 e. The van der Waals surface area contributed by atoms with E-state index in [4.69, 9.17) is 4.74 Å². The number of hydrogen-bond donors (Lipinski definition) is 1. The van der Waals surface area contributed by atoms with Gasteiger partial charge in [-0.1, -0.05) is 0 Å². The van der Waals surface area contributed by atoms with E-state index in [1.807, 2.05) is 0 Å². The zero-order valence-corrected chi connectivity index (χ0v) is 11.5. The minimum Gasteiger partial charge on any atom is -0.381 e. The van der Waals surface area contributed by atoms with E-state index < -0.39 is 0 Å². The first kappa shape index (κ1) is 12.9. The van der Waals surface area contributed by atoms with E-state index >= 15 is 0 Å². The highest BCUT2D eigenvalue weighted by Crippen LogP contribution is 2.28. The molecule has 0 aromatic carbocycles. The second-order valence-electron chi connectivity index (χ2n) is 5.65. The molecule has 0 spiro atoms. The second-order valence-corrected chi connectivity index (χ2v) is 5.65. The van der Waals surface area contributed by atoms with Gasteiger partial charge < -0.3 is 10.1 Å². The Morgan fingerprint density at radius 1 is 1.21 bits per heavy atom. The van der Waals surface area contributed by atoms with Crippen molar-refractivity contribution in [2.24, 2.45) is 5.92 Å². The van der Waals surface area contributed by atoms with Crippen molar-refractivity contribution < 1.29 is 4.74 Å². The van der Waals surface area contributed by atoms with E-state index in [1.54, 1.807) is 6.33 Å². The van der Waals surface area contributed by atoms with E-state index in [9.17, 15) is 0 Å². The molecule has 1 fully saturated rings. The molecule has 0 unspecified atom stereocenters. The summed E-state index contributed by atoms with van der Waals surface area (Å²) in [5.41, 5.74) is 2.58. The fourth-order valence-corrected chi connectivity index (χ4v) is 2.59. The third-order valence-corrected chi connectivity index (χ3v) is 3.93. The monoisotopic (exact) mass is 261 g/mol. The molecular weight excluding hydrogens is 238 g/mol. The Labute approximate surface area is 115 Å². The molecular formula is C15H23N3O. The van der Waals surface area contributed by atoms with Crippen molar-refractivity contribution in [3.63, 3.8) is 0 Å². The molecule has 0 bridgehead atoms. The zero-order chi connectivity index (χ0) is 12.9. The molecule has 0 amide bonds. The van der Waals surface area contributed by atoms with Crippen molar-refractivity contribution in [3.8, 4) is 0 Å². The van der Waals surface area contributed by atoms with Crippen LogP contribution in [-0.2, 0) is 17.6 Å². The van der Waals surface area contributed by atoms with Crippen molar-refractivity contribution in [2.75, 3.05) is 25.1 Å². The number of aromatic nitrogens is 2. The molecule has 1 aromatic heterocycles. The summed E-state index contributed by atoms with van der Waals surface area (Å²) in [5.74, 6) is 1.91. The highest BCUT2D eigenvalue weighted by molar-refractivity contribution is 5.46. The summed E-state index contributed by atoms with van der Waals surface area (Å²) in [5, 5.41) is 3.45. The van der Waals surface area contributed by atoms with Crippen molar-refractivity contribution >= 4 is 5.82 Å². The maximum Gasteiger partial charge on any atom is 0.132 e. The van der Waals surface area contributed by atoms with Gasteiger partial charge in [0, 0.05) is 31.0 Å². The predicted molar refractivity (Wildman–Crippen MR) is 75.3 cm³/mol. The fourth-order valence-electron chi connectivity index (χ4n) is 2.59. The third kappa shape index (κ3) is 3.66. The summed E-state index contributed by atoms with van der Waals surface area (Å²) in [7, 11) is 0. The van der Waals surface area contributed by atoms with Gasteiger partial charge in [-0.2, -0.15) is 0 Å². The van der Waals surface area contributed by atoms with E-state index in [0.29, 0.717) is 0 Å². The highest BCUT2D eigenvalue weighted by Gasteiger charge is 2.20. The highest BCUT2D eigenvalue weighted by atomic mass is 16.5. The van der Waals surface area contributed by atoms with E-state index in [-0.39, 0.29) is 0 Å². The minimum absolute atomic E-state index is 0.858. The lowest BCUT2D eigenvalue weighted by atomic mass is 9.96. The van der Waals surface area contributed by atoms with Gasteiger partial charge in [-0.05, 0) is 50.9 Å². The average molecular weight is 261 g/mol. The number of nitrogens with zero attached hydrogens (tertiary/aromatic N) is 2. The van der Waals surface area contributed by atoms with Crippen LogP contribution in [0, 0.1) is 5.92 Å². The molecule has 2 aliphatic carbocycles. The first-order chi connectivity index (χ1) is 9.43. The molecule has 4 nitrogen and oxygen atoms in total. The van der Waals surface area contributed by atoms with Gasteiger partial charge in [0.15, 0.2) is 0 Å². The first-order valence-electron chi connectivity index (χ1n) is 7.58. The molecule has 1 aromatic rings. The quantitative estimate of drug-likeness (QED) is 0.766. The molecule has 0 aliphatic heterocycles. The zero-order valence-electron chi connectivity index (χ0n) is 11.5. The normalized spacial score (nSPS) is 18.1. The van der Waals surface area contributed by atoms with Gasteiger partial charge in [0.05, 0.1) is 0 Å². The van der Waals surface area contributed by atoms with Gasteiger partial charge >= 0.3 is 0 Å². The number of anilines is 1. The van der Waals surface area contributed by atoms with Gasteiger partial charge in [-0.25, -0.2) is 9.97 Å². The Kier molecular flexibility index (Phi) is 4.28. The van der Waals surface area contributed by atoms with E-state index in [0.717, 1.165) is 50.8 Å². The van der Waals surface area contributed by atoms with Crippen molar-refractivity contribution in [1.82, 2.24) is 9.97 Å². The Balaban J connectivity index is 1.41. The SMILES string of the molecule is c1nc2c(c(NCCCOCC3CC3)n1)CCCC2. The number of hydrogen-bond acceptors (Lipinski definition) is 4. The molecule has 1 N–H and O–H groups in total. The Hall–Kier alpha value is -1.16. The maximum atomic E-state index is 5.64. The van der Waals surface area contributed by atoms with Crippen molar-refractivity contribution in [2.45, 2.75) is 44.9 Å². The molecule has 104 valence electrons. The molecule has 19 heavy (non-hydrogen) atoms. The summed E-state index contributed by atoms with van der Waals surface area (Å²) < 4.78 is 5.64. The van der Waals surface area contributed by atoms with Crippen molar-refractivity contribution in [1.29, 1.82) is 0 Å². The lowest BCUT2D eigenvalue weighted by molar-refractivity contribution is 0.124. The third-order valence-electron chi connectivity index (χ3n) is 3.93. The van der Waals surface area contributed by atoms with E-state index in [2.05, 4.69) is 15.3 Å². The standard InChI is InChI=1S/C15H23N3O/c1-2-5-14-13(4-1)15(18-11-17-14)16-8-3-9-19-10-12-6-7-12/h11-12H,1-10H2,(H,16,17,18). The molecule has 2 aliphatic rings. The van der Waals surface area contributed by atoms with Crippen LogP contribution in [0.1, 0.15) is 43.4 Å². The summed E-state index contributed by atoms with van der Waals surface area (Å²) in [4.78, 5) is 8.77. The van der Waals surface area contributed by atoms with E-state index in [1.165, 1.54) is 36.9 Å². The smallest absolute Gasteiger partial charge is 0.132 e. The van der Waals surface area contributed by atoms with Crippen LogP contribution >= 0.6 is 0 Å². The number of aryl methyl sites for hydroxylation is 1. The summed E-state index contributed by atoms with van der Waals surface area (Å²) >= 11 is 0. The van der Waals surface area contributed by atoms with Crippen LogP contribution in [0.2, 0.25) is 0 Å². The molecule has 1 heterocycles. The topological polar surface area (TPSA) is 47.0 Å². The van der Waals surface area contributed by atoms with Crippen LogP contribution in [0.3, 0.4) is 0 Å². The predicted octanol–water partition coefficient (Wildman–Crippen LogP) is 2.58. The van der Waals surface area contributed by atoms with Crippen LogP contribution in [-0.4, -0.2) is 29.7 Å².